The molecule has 4 nitrogen and oxygen atoms in total. The second-order valence-corrected chi connectivity index (χ2v) is 3.18. The van der Waals surface area contributed by atoms with Crippen LogP contribution in [0.1, 0.15) is 19.8 Å². The number of aliphatic hydroxyl groups excluding tert-OH is 2. The number of hydrogen-bond donors (Lipinski definition) is 2. The van der Waals surface area contributed by atoms with Gasteiger partial charge in [-0.3, -0.25) is 0 Å². The van der Waals surface area contributed by atoms with Crippen molar-refractivity contribution in [1.82, 2.24) is 0 Å². The van der Waals surface area contributed by atoms with Crippen LogP contribution in [0, 0.1) is 0 Å². The van der Waals surface area contributed by atoms with Crippen LogP contribution >= 0.6 is 0 Å². The standard InChI is InChI=1S/C8H14O4/c1-5-4-6(10)8(11)7(12-5)2-3-9/h3,5-8,10-11H,2,4H2,1H3/t5-,6+,7+,8+/m0/s1. The fourth-order valence-electron chi connectivity index (χ4n) is 1.45. The zero-order valence-electron chi connectivity index (χ0n) is 7.01. The van der Waals surface area contributed by atoms with Crippen LogP contribution in [0.4, 0.5) is 0 Å². The van der Waals surface area contributed by atoms with Crippen LogP contribution in [0.2, 0.25) is 0 Å². The summed E-state index contributed by atoms with van der Waals surface area (Å²) in [6.07, 6.45) is -1.06. The van der Waals surface area contributed by atoms with E-state index in [4.69, 9.17) is 4.74 Å². The molecular weight excluding hydrogens is 160 g/mol. The molecule has 1 rings (SSSR count). The average Bonchev–Trinajstić information content (AvgIpc) is 2.00. The second-order valence-electron chi connectivity index (χ2n) is 3.18. The number of ether oxygens (including phenoxy) is 1. The molecule has 1 aliphatic heterocycles. The molecular formula is C8H14O4. The first kappa shape index (κ1) is 9.64. The number of carbonyl (C=O) groups is 1. The van der Waals surface area contributed by atoms with Gasteiger partial charge < -0.3 is 19.7 Å². The molecule has 0 aromatic carbocycles. The lowest BCUT2D eigenvalue weighted by Gasteiger charge is -2.34. The van der Waals surface area contributed by atoms with E-state index >= 15 is 0 Å². The van der Waals surface area contributed by atoms with E-state index in [9.17, 15) is 15.0 Å². The largest absolute Gasteiger partial charge is 0.390 e. The maximum Gasteiger partial charge on any atom is 0.122 e. The predicted octanol–water partition coefficient (Wildman–Crippen LogP) is -0.525. The van der Waals surface area contributed by atoms with Gasteiger partial charge >= 0.3 is 0 Å². The van der Waals surface area contributed by atoms with Crippen molar-refractivity contribution < 1.29 is 19.7 Å². The molecule has 1 aliphatic rings. The van der Waals surface area contributed by atoms with Gasteiger partial charge in [-0.05, 0) is 6.92 Å². The van der Waals surface area contributed by atoms with Crippen molar-refractivity contribution in [3.05, 3.63) is 0 Å². The minimum absolute atomic E-state index is 0.0895. The Morgan fingerprint density at radius 3 is 2.83 bits per heavy atom. The highest BCUT2D eigenvalue weighted by atomic mass is 16.5. The third-order valence-corrected chi connectivity index (χ3v) is 2.08. The minimum atomic E-state index is -0.925. The highest BCUT2D eigenvalue weighted by Gasteiger charge is 2.34. The van der Waals surface area contributed by atoms with Crippen molar-refractivity contribution in [3.63, 3.8) is 0 Å². The quantitative estimate of drug-likeness (QED) is 0.552. The summed E-state index contributed by atoms with van der Waals surface area (Å²) in [6.45, 7) is 1.81. The Morgan fingerprint density at radius 1 is 1.58 bits per heavy atom. The van der Waals surface area contributed by atoms with E-state index in [1.807, 2.05) is 6.92 Å². The maximum atomic E-state index is 10.2. The molecule has 0 spiro atoms. The fraction of sp³-hybridized carbons (Fsp3) is 0.875. The van der Waals surface area contributed by atoms with Crippen LogP contribution in [-0.2, 0) is 9.53 Å². The second kappa shape index (κ2) is 3.98. The van der Waals surface area contributed by atoms with Crippen molar-refractivity contribution in [3.8, 4) is 0 Å². The van der Waals surface area contributed by atoms with Gasteiger partial charge in [0, 0.05) is 12.8 Å². The molecule has 0 aromatic rings. The van der Waals surface area contributed by atoms with Gasteiger partial charge in [-0.1, -0.05) is 0 Å². The summed E-state index contributed by atoms with van der Waals surface area (Å²) in [5.41, 5.74) is 0. The molecule has 1 saturated heterocycles. The molecule has 12 heavy (non-hydrogen) atoms. The van der Waals surface area contributed by atoms with Crippen LogP contribution < -0.4 is 0 Å². The summed E-state index contributed by atoms with van der Waals surface area (Å²) >= 11 is 0. The Kier molecular flexibility index (Phi) is 3.20. The first-order valence-corrected chi connectivity index (χ1v) is 4.10. The van der Waals surface area contributed by atoms with Crippen molar-refractivity contribution in [2.45, 2.75) is 44.2 Å². The Hall–Kier alpha value is -0.450. The lowest BCUT2D eigenvalue weighted by Crippen LogP contribution is -2.47. The summed E-state index contributed by atoms with van der Waals surface area (Å²) in [6, 6.07) is 0. The Bertz CT molecular complexity index is 159. The molecule has 4 heteroatoms. The molecule has 70 valence electrons. The van der Waals surface area contributed by atoms with Gasteiger partial charge in [0.05, 0.1) is 18.3 Å². The van der Waals surface area contributed by atoms with E-state index in [1.165, 1.54) is 0 Å². The summed E-state index contributed by atoms with van der Waals surface area (Å²) < 4.78 is 5.27. The first-order valence-electron chi connectivity index (χ1n) is 4.10. The molecule has 1 fully saturated rings. The van der Waals surface area contributed by atoms with E-state index in [0.29, 0.717) is 12.7 Å². The van der Waals surface area contributed by atoms with Gasteiger partial charge in [0.25, 0.3) is 0 Å². The third kappa shape index (κ3) is 2.03. The third-order valence-electron chi connectivity index (χ3n) is 2.08. The lowest BCUT2D eigenvalue weighted by molar-refractivity contribution is -0.165. The molecule has 1 heterocycles. The fourth-order valence-corrected chi connectivity index (χ4v) is 1.45. The molecule has 0 bridgehead atoms. The van der Waals surface area contributed by atoms with Gasteiger partial charge in [-0.2, -0.15) is 0 Å². The highest BCUT2D eigenvalue weighted by molar-refractivity contribution is 5.50. The average molecular weight is 174 g/mol. The van der Waals surface area contributed by atoms with E-state index in [1.54, 1.807) is 0 Å². The van der Waals surface area contributed by atoms with E-state index in [2.05, 4.69) is 0 Å². The zero-order valence-corrected chi connectivity index (χ0v) is 7.01. The van der Waals surface area contributed by atoms with Gasteiger partial charge in [0.2, 0.25) is 0 Å². The summed E-state index contributed by atoms with van der Waals surface area (Å²) in [5, 5.41) is 18.7. The van der Waals surface area contributed by atoms with Crippen LogP contribution in [0.5, 0.6) is 0 Å². The molecule has 2 N–H and O–H groups in total. The van der Waals surface area contributed by atoms with Crippen LogP contribution in [0.25, 0.3) is 0 Å². The monoisotopic (exact) mass is 174 g/mol. The highest BCUT2D eigenvalue weighted by Crippen LogP contribution is 2.21. The Morgan fingerprint density at radius 2 is 2.25 bits per heavy atom. The van der Waals surface area contributed by atoms with Gasteiger partial charge in [0.1, 0.15) is 12.4 Å². The van der Waals surface area contributed by atoms with Crippen molar-refractivity contribution in [1.29, 1.82) is 0 Å². The minimum Gasteiger partial charge on any atom is -0.390 e. The SMILES string of the molecule is C[C@H]1C[C@@H](O)[C@@H](O)[C@@H](CC=O)O1. The van der Waals surface area contributed by atoms with Crippen LogP contribution in [0.3, 0.4) is 0 Å². The molecule has 0 aromatic heterocycles. The van der Waals surface area contributed by atoms with Gasteiger partial charge in [-0.15, -0.1) is 0 Å². The number of aldehydes is 1. The molecule has 0 unspecified atom stereocenters. The predicted molar refractivity (Wildman–Crippen MR) is 41.6 cm³/mol. The number of carbonyl (C=O) groups excluding carboxylic acids is 1. The zero-order chi connectivity index (χ0) is 9.14. The van der Waals surface area contributed by atoms with Crippen molar-refractivity contribution in [2.75, 3.05) is 0 Å². The lowest BCUT2D eigenvalue weighted by atomic mass is 9.97. The number of hydrogen-bond acceptors (Lipinski definition) is 4. The maximum absolute atomic E-state index is 10.2. The number of aliphatic hydroxyl groups is 2. The van der Waals surface area contributed by atoms with Gasteiger partial charge in [-0.25, -0.2) is 0 Å². The van der Waals surface area contributed by atoms with Gasteiger partial charge in [0.15, 0.2) is 0 Å². The molecule has 0 radical (unpaired) electrons. The summed E-state index contributed by atoms with van der Waals surface area (Å²) in [7, 11) is 0. The Labute approximate surface area is 71.2 Å². The van der Waals surface area contributed by atoms with E-state index < -0.39 is 18.3 Å². The van der Waals surface area contributed by atoms with E-state index in [-0.39, 0.29) is 12.5 Å². The molecule has 0 amide bonds. The summed E-state index contributed by atoms with van der Waals surface area (Å²) in [5.74, 6) is 0. The van der Waals surface area contributed by atoms with Crippen LogP contribution in [-0.4, -0.2) is 40.9 Å². The molecule has 0 saturated carbocycles. The first-order chi connectivity index (χ1) is 5.65. The number of rotatable bonds is 2. The van der Waals surface area contributed by atoms with Crippen molar-refractivity contribution >= 4 is 6.29 Å². The summed E-state index contributed by atoms with van der Waals surface area (Å²) in [4.78, 5) is 10.2. The normalized spacial score (nSPS) is 42.6. The van der Waals surface area contributed by atoms with Crippen molar-refractivity contribution in [2.24, 2.45) is 0 Å². The molecule has 0 aliphatic carbocycles. The Balaban J connectivity index is 2.53. The smallest absolute Gasteiger partial charge is 0.122 e. The van der Waals surface area contributed by atoms with E-state index in [0.717, 1.165) is 0 Å². The van der Waals surface area contributed by atoms with Crippen LogP contribution in [0.15, 0.2) is 0 Å². The molecule has 4 atom stereocenters. The topological polar surface area (TPSA) is 66.8 Å².